The molecule has 2 N–H and O–H groups in total. The lowest BCUT2D eigenvalue weighted by Crippen LogP contribution is -2.20. The van der Waals surface area contributed by atoms with E-state index in [0.717, 1.165) is 19.5 Å². The molecule has 19 heavy (non-hydrogen) atoms. The van der Waals surface area contributed by atoms with Gasteiger partial charge in [0.05, 0.1) is 16.0 Å². The van der Waals surface area contributed by atoms with Crippen molar-refractivity contribution in [1.82, 2.24) is 15.3 Å². The van der Waals surface area contributed by atoms with Crippen molar-refractivity contribution in [3.8, 4) is 6.01 Å². The minimum absolute atomic E-state index is 0. The largest absolute Gasteiger partial charge is 0.460 e. The number of rotatable bonds is 3. The Bertz CT molecular complexity index is 595. The van der Waals surface area contributed by atoms with E-state index >= 15 is 0 Å². The van der Waals surface area contributed by atoms with Crippen LogP contribution < -0.4 is 10.1 Å². The highest BCUT2D eigenvalue weighted by atomic mass is 35.5. The summed E-state index contributed by atoms with van der Waals surface area (Å²) in [5.41, 5.74) is 1.33. The summed E-state index contributed by atoms with van der Waals surface area (Å²) in [7, 11) is 0. The van der Waals surface area contributed by atoms with Gasteiger partial charge in [-0.1, -0.05) is 0 Å². The number of imidazole rings is 1. The monoisotopic (exact) mass is 284 g/mol. The lowest BCUT2D eigenvalue weighted by atomic mass is 10.3. The summed E-state index contributed by atoms with van der Waals surface area (Å²) >= 11 is 0. The first kappa shape index (κ1) is 13.6. The van der Waals surface area contributed by atoms with Gasteiger partial charge in [-0.05, 0) is 19.0 Å². The molecule has 1 aliphatic heterocycles. The third-order valence-corrected chi connectivity index (χ3v) is 2.95. The standard InChI is InChI=1S/C11H12N4O3.ClH/c16-15(17)7-1-2-9-10(5-7)14-11(13-9)18-8-3-4-12-6-8;/h1-2,5,8,12H,3-4,6H2,(H,13,14);1H/t8-;/m1./s1. The summed E-state index contributed by atoms with van der Waals surface area (Å²) in [6.07, 6.45) is 1.05. The van der Waals surface area contributed by atoms with Gasteiger partial charge in [0.25, 0.3) is 11.7 Å². The van der Waals surface area contributed by atoms with Crippen molar-refractivity contribution in [2.24, 2.45) is 0 Å². The van der Waals surface area contributed by atoms with Crippen LogP contribution in [-0.4, -0.2) is 34.1 Å². The van der Waals surface area contributed by atoms with Crippen molar-refractivity contribution in [2.75, 3.05) is 13.1 Å². The zero-order chi connectivity index (χ0) is 12.5. The number of aromatic amines is 1. The number of halogens is 1. The molecule has 102 valence electrons. The Morgan fingerprint density at radius 2 is 2.32 bits per heavy atom. The van der Waals surface area contributed by atoms with Crippen molar-refractivity contribution in [1.29, 1.82) is 0 Å². The number of fused-ring (bicyclic) bond motifs is 1. The van der Waals surface area contributed by atoms with Crippen LogP contribution in [0.2, 0.25) is 0 Å². The normalized spacial score (nSPS) is 18.2. The fourth-order valence-corrected chi connectivity index (χ4v) is 2.03. The van der Waals surface area contributed by atoms with Crippen molar-refractivity contribution in [3.63, 3.8) is 0 Å². The van der Waals surface area contributed by atoms with Crippen LogP contribution in [0.15, 0.2) is 18.2 Å². The zero-order valence-electron chi connectivity index (χ0n) is 9.96. The number of hydrogen-bond acceptors (Lipinski definition) is 5. The second-order valence-electron chi connectivity index (χ2n) is 4.23. The lowest BCUT2D eigenvalue weighted by Gasteiger charge is -2.07. The molecule has 0 saturated carbocycles. The molecule has 2 aromatic rings. The van der Waals surface area contributed by atoms with Gasteiger partial charge in [-0.2, -0.15) is 4.98 Å². The number of nitrogens with zero attached hydrogens (tertiary/aromatic N) is 2. The summed E-state index contributed by atoms with van der Waals surface area (Å²) < 4.78 is 5.66. The lowest BCUT2D eigenvalue weighted by molar-refractivity contribution is -0.384. The molecule has 1 fully saturated rings. The maximum atomic E-state index is 10.7. The number of ether oxygens (including phenoxy) is 1. The molecule has 0 unspecified atom stereocenters. The highest BCUT2D eigenvalue weighted by molar-refractivity contribution is 5.85. The fourth-order valence-electron chi connectivity index (χ4n) is 2.03. The Labute approximate surface area is 114 Å². The van der Waals surface area contributed by atoms with Crippen LogP contribution >= 0.6 is 12.4 Å². The molecule has 1 aliphatic rings. The molecule has 0 radical (unpaired) electrons. The van der Waals surface area contributed by atoms with E-state index in [1.165, 1.54) is 12.1 Å². The number of H-pyrrole nitrogens is 1. The highest BCUT2D eigenvalue weighted by Crippen LogP contribution is 2.22. The van der Waals surface area contributed by atoms with Gasteiger partial charge in [-0.3, -0.25) is 10.1 Å². The molecule has 0 bridgehead atoms. The van der Waals surface area contributed by atoms with Crippen molar-refractivity contribution < 1.29 is 9.66 Å². The predicted octanol–water partition coefficient (Wildman–Crippen LogP) is 1.63. The number of nitro groups is 1. The molecule has 7 nitrogen and oxygen atoms in total. The van der Waals surface area contributed by atoms with Crippen LogP contribution in [-0.2, 0) is 0 Å². The molecule has 0 amide bonds. The van der Waals surface area contributed by atoms with E-state index in [-0.39, 0.29) is 24.2 Å². The van der Waals surface area contributed by atoms with E-state index in [1.807, 2.05) is 0 Å². The molecule has 2 heterocycles. The van der Waals surface area contributed by atoms with Crippen molar-refractivity contribution >= 4 is 29.1 Å². The van der Waals surface area contributed by atoms with Gasteiger partial charge in [0.15, 0.2) is 0 Å². The van der Waals surface area contributed by atoms with E-state index in [0.29, 0.717) is 17.0 Å². The second kappa shape index (κ2) is 5.41. The van der Waals surface area contributed by atoms with Gasteiger partial charge in [0, 0.05) is 18.7 Å². The topological polar surface area (TPSA) is 93.1 Å². The molecule has 1 aromatic heterocycles. The molecule has 1 atom stereocenters. The van der Waals surface area contributed by atoms with Gasteiger partial charge in [0.2, 0.25) is 0 Å². The summed E-state index contributed by atoms with van der Waals surface area (Å²) in [5, 5.41) is 13.9. The zero-order valence-corrected chi connectivity index (χ0v) is 10.8. The average molecular weight is 285 g/mol. The number of nitrogens with one attached hydrogen (secondary N) is 2. The second-order valence-corrected chi connectivity index (χ2v) is 4.23. The summed E-state index contributed by atoms with van der Waals surface area (Å²) in [6, 6.07) is 4.93. The quantitative estimate of drug-likeness (QED) is 0.660. The Morgan fingerprint density at radius 1 is 1.47 bits per heavy atom. The van der Waals surface area contributed by atoms with Crippen molar-refractivity contribution in [3.05, 3.63) is 28.3 Å². The van der Waals surface area contributed by atoms with E-state index in [2.05, 4.69) is 15.3 Å². The third kappa shape index (κ3) is 2.77. The fraction of sp³-hybridized carbons (Fsp3) is 0.364. The molecule has 8 heteroatoms. The van der Waals surface area contributed by atoms with Gasteiger partial charge < -0.3 is 15.0 Å². The minimum atomic E-state index is -0.429. The number of benzene rings is 1. The maximum Gasteiger partial charge on any atom is 0.294 e. The average Bonchev–Trinajstić information content (AvgIpc) is 2.96. The molecular formula is C11H13ClN4O3. The summed E-state index contributed by atoms with van der Waals surface area (Å²) in [6.45, 7) is 1.74. The Morgan fingerprint density at radius 3 is 3.00 bits per heavy atom. The molecule has 1 aromatic carbocycles. The number of non-ortho nitro benzene ring substituents is 1. The van der Waals surface area contributed by atoms with Gasteiger partial charge in [-0.25, -0.2) is 0 Å². The van der Waals surface area contributed by atoms with E-state index in [9.17, 15) is 10.1 Å². The number of aromatic nitrogens is 2. The smallest absolute Gasteiger partial charge is 0.294 e. The first-order valence-electron chi connectivity index (χ1n) is 5.74. The third-order valence-electron chi connectivity index (χ3n) is 2.95. The molecule has 0 spiro atoms. The van der Waals surface area contributed by atoms with Crippen LogP contribution in [0.4, 0.5) is 5.69 Å². The first-order chi connectivity index (χ1) is 8.72. The maximum absolute atomic E-state index is 10.7. The van der Waals surface area contributed by atoms with E-state index in [1.54, 1.807) is 6.07 Å². The SMILES string of the molecule is Cl.O=[N+]([O-])c1ccc2nc(O[C@@H]3CCNC3)[nH]c2c1. The molecule has 1 saturated heterocycles. The van der Waals surface area contributed by atoms with E-state index < -0.39 is 4.92 Å². The number of nitro benzene ring substituents is 1. The summed E-state index contributed by atoms with van der Waals surface area (Å²) in [5.74, 6) is 0. The molecular weight excluding hydrogens is 272 g/mol. The molecule has 0 aliphatic carbocycles. The predicted molar refractivity (Wildman–Crippen MR) is 71.9 cm³/mol. The Hall–Kier alpha value is -1.86. The van der Waals surface area contributed by atoms with Crippen molar-refractivity contribution in [2.45, 2.75) is 12.5 Å². The van der Waals surface area contributed by atoms with Gasteiger partial charge in [0.1, 0.15) is 6.10 Å². The highest BCUT2D eigenvalue weighted by Gasteiger charge is 2.18. The van der Waals surface area contributed by atoms with E-state index in [4.69, 9.17) is 4.74 Å². The molecule has 3 rings (SSSR count). The van der Waals surface area contributed by atoms with Crippen LogP contribution in [0.5, 0.6) is 6.01 Å². The van der Waals surface area contributed by atoms with Crippen LogP contribution in [0.25, 0.3) is 11.0 Å². The summed E-state index contributed by atoms with van der Waals surface area (Å²) in [4.78, 5) is 17.4. The Kier molecular flexibility index (Phi) is 3.87. The van der Waals surface area contributed by atoms with Gasteiger partial charge >= 0.3 is 0 Å². The number of hydrogen-bond donors (Lipinski definition) is 2. The van der Waals surface area contributed by atoms with Gasteiger partial charge in [-0.15, -0.1) is 12.4 Å². The first-order valence-corrected chi connectivity index (χ1v) is 5.74. The Balaban J connectivity index is 0.00000133. The van der Waals surface area contributed by atoms with Crippen LogP contribution in [0, 0.1) is 10.1 Å². The minimum Gasteiger partial charge on any atom is -0.460 e. The van der Waals surface area contributed by atoms with Crippen LogP contribution in [0.1, 0.15) is 6.42 Å². The van der Waals surface area contributed by atoms with Crippen LogP contribution in [0.3, 0.4) is 0 Å².